The number of para-hydroxylation sites is 1. The molecule has 1 unspecified atom stereocenters. The highest BCUT2D eigenvalue weighted by Gasteiger charge is 2.55. The monoisotopic (exact) mass is 557 g/mol. The van der Waals surface area contributed by atoms with Gasteiger partial charge in [-0.2, -0.15) is 5.09 Å². The number of halogens is 1. The summed E-state index contributed by atoms with van der Waals surface area (Å²) in [6.45, 7) is 5.93. The molecule has 1 aromatic carbocycles. The lowest BCUT2D eigenvalue weighted by molar-refractivity contribution is -0.145. The molecular formula is C24H33FN3O9P. The minimum atomic E-state index is -4.31. The van der Waals surface area contributed by atoms with Crippen molar-refractivity contribution in [3.8, 4) is 5.75 Å². The van der Waals surface area contributed by atoms with Gasteiger partial charge in [0, 0.05) is 12.3 Å². The van der Waals surface area contributed by atoms with Gasteiger partial charge in [-0.25, -0.2) is 13.8 Å². The first-order valence-corrected chi connectivity index (χ1v) is 13.6. The highest BCUT2D eigenvalue weighted by Crippen LogP contribution is 2.47. The molecule has 0 amide bonds. The standard InChI is InChI=1S/C24H33FN3O9P/c1-15(2)11-13-34-21(31)16(3)27-38(33,37-17-8-6-5-7-9-17)35-14-18-20(30)24(4,25)22(36-18)28-12-10-19(29)26-23(28)32/h5-10,12,15-16,18,20,22,30H,11,13-14H2,1-4H3,(H,27,33)(H,26,29,32)/t16-,18+,20+,22+,24+,38?/m0/s1. The molecule has 6 atom stereocenters. The fraction of sp³-hybridized carbons (Fsp3) is 0.542. The van der Waals surface area contributed by atoms with Crippen LogP contribution in [0.25, 0.3) is 0 Å². The number of nitrogens with zero attached hydrogens (tertiary/aromatic N) is 1. The summed E-state index contributed by atoms with van der Waals surface area (Å²) in [5.41, 5.74) is -4.11. The Morgan fingerprint density at radius 3 is 2.58 bits per heavy atom. The lowest BCUT2D eigenvalue weighted by Crippen LogP contribution is -2.43. The fourth-order valence-corrected chi connectivity index (χ4v) is 5.16. The van der Waals surface area contributed by atoms with Gasteiger partial charge in [0.25, 0.3) is 5.56 Å². The van der Waals surface area contributed by atoms with E-state index in [0.717, 1.165) is 23.8 Å². The van der Waals surface area contributed by atoms with Crippen LogP contribution >= 0.6 is 7.75 Å². The number of aromatic amines is 1. The van der Waals surface area contributed by atoms with E-state index in [2.05, 4.69) is 5.09 Å². The van der Waals surface area contributed by atoms with Crippen LogP contribution in [0.3, 0.4) is 0 Å². The second kappa shape index (κ2) is 12.4. The average molecular weight is 558 g/mol. The number of aromatic nitrogens is 2. The number of esters is 1. The van der Waals surface area contributed by atoms with E-state index in [4.69, 9.17) is 18.5 Å². The normalized spacial score (nSPS) is 25.6. The first kappa shape index (κ1) is 29.7. The van der Waals surface area contributed by atoms with E-state index in [9.17, 15) is 24.1 Å². The van der Waals surface area contributed by atoms with Crippen LogP contribution < -0.4 is 20.9 Å². The number of alkyl halides is 1. The summed E-state index contributed by atoms with van der Waals surface area (Å²) < 4.78 is 51.7. The van der Waals surface area contributed by atoms with E-state index in [1.54, 1.807) is 18.2 Å². The number of benzene rings is 1. The Kier molecular flexibility index (Phi) is 9.66. The van der Waals surface area contributed by atoms with Gasteiger partial charge in [0.2, 0.25) is 0 Å². The summed E-state index contributed by atoms with van der Waals surface area (Å²) >= 11 is 0. The van der Waals surface area contributed by atoms with Crippen LogP contribution in [0.2, 0.25) is 0 Å². The molecule has 2 aromatic rings. The van der Waals surface area contributed by atoms with Crippen molar-refractivity contribution in [2.45, 2.75) is 64.3 Å². The lowest BCUT2D eigenvalue weighted by atomic mass is 9.98. The highest BCUT2D eigenvalue weighted by atomic mass is 31.2. The molecule has 210 valence electrons. The SMILES string of the molecule is CC(C)CCOC(=O)[C@H](C)NP(=O)(OC[C@H]1O[C@@H](n2ccc(=O)[nH]c2=O)[C@](C)(F)[C@@H]1O)Oc1ccccc1. The Hall–Kier alpha value is -2.83. The van der Waals surface area contributed by atoms with Crippen molar-refractivity contribution in [2.24, 2.45) is 5.92 Å². The van der Waals surface area contributed by atoms with Gasteiger partial charge < -0.3 is 19.1 Å². The summed E-state index contributed by atoms with van der Waals surface area (Å²) in [7, 11) is -4.31. The number of ether oxygens (including phenoxy) is 2. The van der Waals surface area contributed by atoms with Crippen LogP contribution in [0.1, 0.15) is 40.3 Å². The van der Waals surface area contributed by atoms with Crippen LogP contribution in [0.5, 0.6) is 5.75 Å². The van der Waals surface area contributed by atoms with Crippen molar-refractivity contribution < 1.29 is 37.4 Å². The maximum absolute atomic E-state index is 15.5. The Morgan fingerprint density at radius 1 is 1.26 bits per heavy atom. The van der Waals surface area contributed by atoms with E-state index >= 15 is 4.39 Å². The number of aliphatic hydroxyl groups excluding tert-OH is 1. The van der Waals surface area contributed by atoms with Gasteiger partial charge in [-0.3, -0.25) is 23.7 Å². The summed E-state index contributed by atoms with van der Waals surface area (Å²) in [5, 5.41) is 13.1. The van der Waals surface area contributed by atoms with Crippen molar-refractivity contribution >= 4 is 13.7 Å². The van der Waals surface area contributed by atoms with Crippen LogP contribution in [0.4, 0.5) is 4.39 Å². The Labute approximate surface area is 218 Å². The van der Waals surface area contributed by atoms with Crippen molar-refractivity contribution in [3.63, 3.8) is 0 Å². The number of aliphatic hydroxyl groups is 1. The molecule has 2 heterocycles. The molecule has 1 fully saturated rings. The zero-order valence-corrected chi connectivity index (χ0v) is 22.4. The molecule has 3 N–H and O–H groups in total. The van der Waals surface area contributed by atoms with E-state index in [0.29, 0.717) is 12.3 Å². The Bertz CT molecular complexity index is 1250. The predicted octanol–water partition coefficient (Wildman–Crippen LogP) is 2.29. The molecule has 1 saturated heterocycles. The van der Waals surface area contributed by atoms with Crippen LogP contribution in [-0.4, -0.2) is 57.8 Å². The molecule has 14 heteroatoms. The quantitative estimate of drug-likeness (QED) is 0.261. The van der Waals surface area contributed by atoms with Gasteiger partial charge in [-0.1, -0.05) is 32.0 Å². The molecule has 0 radical (unpaired) electrons. The number of nitrogens with one attached hydrogen (secondary N) is 2. The highest BCUT2D eigenvalue weighted by molar-refractivity contribution is 7.52. The largest absolute Gasteiger partial charge is 0.465 e. The van der Waals surface area contributed by atoms with Gasteiger partial charge >= 0.3 is 19.4 Å². The summed E-state index contributed by atoms with van der Waals surface area (Å²) in [4.78, 5) is 38.0. The van der Waals surface area contributed by atoms with Crippen molar-refractivity contribution in [1.82, 2.24) is 14.6 Å². The fourth-order valence-electron chi connectivity index (χ4n) is 3.65. The maximum atomic E-state index is 15.5. The first-order chi connectivity index (χ1) is 17.8. The van der Waals surface area contributed by atoms with E-state index in [-0.39, 0.29) is 12.4 Å². The Balaban J connectivity index is 1.75. The second-order valence-corrected chi connectivity index (χ2v) is 11.2. The van der Waals surface area contributed by atoms with Crippen molar-refractivity contribution in [1.29, 1.82) is 0 Å². The first-order valence-electron chi connectivity index (χ1n) is 12.1. The van der Waals surface area contributed by atoms with Gasteiger partial charge in [0.1, 0.15) is 24.0 Å². The third kappa shape index (κ3) is 7.39. The number of hydrogen-bond acceptors (Lipinski definition) is 9. The summed E-state index contributed by atoms with van der Waals surface area (Å²) in [6.07, 6.45) is -3.14. The smallest absolute Gasteiger partial charge is 0.459 e. The molecule has 0 aliphatic carbocycles. The van der Waals surface area contributed by atoms with Gasteiger partial charge in [0.15, 0.2) is 11.9 Å². The molecular weight excluding hydrogens is 524 g/mol. The molecule has 1 aliphatic rings. The average Bonchev–Trinajstić information content (AvgIpc) is 3.06. The third-order valence-electron chi connectivity index (χ3n) is 5.84. The third-order valence-corrected chi connectivity index (χ3v) is 7.49. The zero-order valence-electron chi connectivity index (χ0n) is 21.5. The second-order valence-electron chi connectivity index (χ2n) is 9.54. The molecule has 1 aliphatic heterocycles. The summed E-state index contributed by atoms with van der Waals surface area (Å²) in [5.74, 6) is -0.210. The van der Waals surface area contributed by atoms with Gasteiger partial charge in [-0.15, -0.1) is 0 Å². The van der Waals surface area contributed by atoms with E-state index in [1.165, 1.54) is 19.1 Å². The maximum Gasteiger partial charge on any atom is 0.459 e. The number of carbonyl (C=O) groups excluding carboxylic acids is 1. The van der Waals surface area contributed by atoms with Crippen molar-refractivity contribution in [2.75, 3.05) is 13.2 Å². The molecule has 1 aromatic heterocycles. The van der Waals surface area contributed by atoms with Gasteiger partial charge in [0.05, 0.1) is 13.2 Å². The number of rotatable bonds is 12. The predicted molar refractivity (Wildman–Crippen MR) is 134 cm³/mol. The van der Waals surface area contributed by atoms with Crippen LogP contribution in [0, 0.1) is 5.92 Å². The van der Waals surface area contributed by atoms with E-state index < -0.39 is 61.7 Å². The molecule has 38 heavy (non-hydrogen) atoms. The molecule has 0 spiro atoms. The minimum absolute atomic E-state index is 0.157. The number of carbonyl (C=O) groups is 1. The molecule has 12 nitrogen and oxygen atoms in total. The van der Waals surface area contributed by atoms with Gasteiger partial charge in [-0.05, 0) is 38.3 Å². The molecule has 0 bridgehead atoms. The Morgan fingerprint density at radius 2 is 1.95 bits per heavy atom. The molecule has 3 rings (SSSR count). The van der Waals surface area contributed by atoms with Crippen molar-refractivity contribution in [3.05, 3.63) is 63.4 Å². The number of hydrogen-bond donors (Lipinski definition) is 3. The lowest BCUT2D eigenvalue weighted by Gasteiger charge is -2.25. The topological polar surface area (TPSA) is 158 Å². The van der Waals surface area contributed by atoms with E-state index in [1.807, 2.05) is 18.8 Å². The summed E-state index contributed by atoms with van der Waals surface area (Å²) in [6, 6.07) is 7.91. The molecule has 0 saturated carbocycles. The van der Waals surface area contributed by atoms with Crippen LogP contribution in [0.15, 0.2) is 52.2 Å². The number of H-pyrrole nitrogens is 1. The minimum Gasteiger partial charge on any atom is -0.465 e. The zero-order chi connectivity index (χ0) is 28.1. The van der Waals surface area contributed by atoms with Crippen LogP contribution in [-0.2, 0) is 23.4 Å².